The minimum absolute atomic E-state index is 0.191. The molecule has 0 aliphatic heterocycles. The molecule has 0 heterocycles. The zero-order chi connectivity index (χ0) is 13.0. The molecule has 1 N–H and O–H groups in total. The van der Waals surface area contributed by atoms with Crippen molar-refractivity contribution in [3.05, 3.63) is 33.9 Å². The number of alkyl halides is 2. The quantitative estimate of drug-likeness (QED) is 0.642. The van der Waals surface area contributed by atoms with Crippen LogP contribution in [0.5, 0.6) is 0 Å². The SMILES string of the molecule is N#Cc1cc([N+](=O)[O-])ccc1NC(=O)C(F)F. The highest BCUT2D eigenvalue weighted by molar-refractivity contribution is 5.94. The second-order valence-electron chi connectivity index (χ2n) is 2.89. The fourth-order valence-corrected chi connectivity index (χ4v) is 1.03. The molecule has 1 aromatic rings. The Bertz CT molecular complexity index is 511. The van der Waals surface area contributed by atoms with Gasteiger partial charge in [-0.3, -0.25) is 14.9 Å². The number of nitro benzene ring substituents is 1. The van der Waals surface area contributed by atoms with E-state index in [1.807, 2.05) is 0 Å². The number of benzene rings is 1. The smallest absolute Gasteiger partial charge is 0.315 e. The molecule has 1 amide bonds. The second-order valence-corrected chi connectivity index (χ2v) is 2.89. The Morgan fingerprint density at radius 2 is 2.18 bits per heavy atom. The van der Waals surface area contributed by atoms with Crippen molar-refractivity contribution in [2.45, 2.75) is 6.43 Å². The van der Waals surface area contributed by atoms with Gasteiger partial charge in [0.15, 0.2) is 0 Å². The molecule has 6 nitrogen and oxygen atoms in total. The van der Waals surface area contributed by atoms with E-state index in [-0.39, 0.29) is 16.9 Å². The van der Waals surface area contributed by atoms with Crippen molar-refractivity contribution in [2.75, 3.05) is 5.32 Å². The molecule has 1 aromatic carbocycles. The van der Waals surface area contributed by atoms with Crippen molar-refractivity contribution in [1.29, 1.82) is 5.26 Å². The van der Waals surface area contributed by atoms with Crippen LogP contribution < -0.4 is 5.32 Å². The number of halogens is 2. The molecule has 0 aliphatic rings. The third-order valence-electron chi connectivity index (χ3n) is 1.79. The number of amides is 1. The number of carbonyl (C=O) groups is 1. The summed E-state index contributed by atoms with van der Waals surface area (Å²) in [7, 11) is 0. The third-order valence-corrected chi connectivity index (χ3v) is 1.79. The molecule has 0 spiro atoms. The maximum absolute atomic E-state index is 12.0. The maximum Gasteiger partial charge on any atom is 0.315 e. The number of anilines is 1. The topological polar surface area (TPSA) is 96.0 Å². The molecule has 0 bridgehead atoms. The molecule has 0 atom stereocenters. The zero-order valence-corrected chi connectivity index (χ0v) is 8.18. The van der Waals surface area contributed by atoms with Crippen molar-refractivity contribution in [3.8, 4) is 6.07 Å². The minimum atomic E-state index is -3.23. The van der Waals surface area contributed by atoms with Gasteiger partial charge in [0, 0.05) is 12.1 Å². The number of nitrogens with one attached hydrogen (secondary N) is 1. The van der Waals surface area contributed by atoms with E-state index in [1.54, 1.807) is 11.4 Å². The van der Waals surface area contributed by atoms with Gasteiger partial charge in [0.2, 0.25) is 0 Å². The number of non-ortho nitro benzene ring substituents is 1. The van der Waals surface area contributed by atoms with E-state index in [2.05, 4.69) is 0 Å². The summed E-state index contributed by atoms with van der Waals surface area (Å²) in [4.78, 5) is 20.4. The molecule has 0 saturated heterocycles. The van der Waals surface area contributed by atoms with Gasteiger partial charge in [-0.05, 0) is 6.07 Å². The molecule has 1 rings (SSSR count). The number of nitriles is 1. The van der Waals surface area contributed by atoms with Crippen LogP contribution in [0.15, 0.2) is 18.2 Å². The van der Waals surface area contributed by atoms with Gasteiger partial charge in [-0.15, -0.1) is 0 Å². The van der Waals surface area contributed by atoms with Gasteiger partial charge < -0.3 is 5.32 Å². The lowest BCUT2D eigenvalue weighted by Crippen LogP contribution is -2.20. The molecule has 0 unspecified atom stereocenters. The van der Waals surface area contributed by atoms with Gasteiger partial charge >= 0.3 is 6.43 Å². The highest BCUT2D eigenvalue weighted by atomic mass is 19.3. The predicted molar refractivity (Wildman–Crippen MR) is 52.4 cm³/mol. The first-order valence-electron chi connectivity index (χ1n) is 4.23. The monoisotopic (exact) mass is 241 g/mol. The summed E-state index contributed by atoms with van der Waals surface area (Å²) in [6.45, 7) is 0. The van der Waals surface area contributed by atoms with Crippen molar-refractivity contribution in [3.63, 3.8) is 0 Å². The Morgan fingerprint density at radius 1 is 1.53 bits per heavy atom. The average Bonchev–Trinajstić information content (AvgIpc) is 2.28. The van der Waals surface area contributed by atoms with E-state index in [0.29, 0.717) is 0 Å². The van der Waals surface area contributed by atoms with Crippen molar-refractivity contribution in [2.24, 2.45) is 0 Å². The summed E-state index contributed by atoms with van der Waals surface area (Å²) in [6.07, 6.45) is -3.23. The Kier molecular flexibility index (Phi) is 3.66. The van der Waals surface area contributed by atoms with Crippen LogP contribution in [0.1, 0.15) is 5.56 Å². The van der Waals surface area contributed by atoms with E-state index >= 15 is 0 Å². The summed E-state index contributed by atoms with van der Waals surface area (Å²) in [5.41, 5.74) is -0.812. The molecule has 0 aromatic heterocycles. The van der Waals surface area contributed by atoms with Gasteiger partial charge in [-0.1, -0.05) is 0 Å². The van der Waals surface area contributed by atoms with Crippen LogP contribution in [0.4, 0.5) is 20.2 Å². The number of hydrogen-bond donors (Lipinski definition) is 1. The number of nitrogens with zero attached hydrogens (tertiary/aromatic N) is 2. The second kappa shape index (κ2) is 4.98. The summed E-state index contributed by atoms with van der Waals surface area (Å²) in [5.74, 6) is -1.57. The Morgan fingerprint density at radius 3 is 2.65 bits per heavy atom. The van der Waals surface area contributed by atoms with E-state index in [9.17, 15) is 23.7 Å². The summed E-state index contributed by atoms with van der Waals surface area (Å²) in [5, 5.41) is 20.9. The van der Waals surface area contributed by atoms with Gasteiger partial charge in [0.05, 0.1) is 16.2 Å². The molecular weight excluding hydrogens is 236 g/mol. The molecule has 0 saturated carbocycles. The molecule has 0 aliphatic carbocycles. The standard InChI is InChI=1S/C9H5F2N3O3/c10-8(11)9(15)13-7-2-1-6(14(16)17)3-5(7)4-12/h1-3,8H,(H,13,15). The number of nitro groups is 1. The molecule has 0 fully saturated rings. The number of carbonyl (C=O) groups excluding carboxylic acids is 1. The van der Waals surface area contributed by atoms with Crippen LogP contribution in [0.25, 0.3) is 0 Å². The molecule has 88 valence electrons. The molecule has 0 radical (unpaired) electrons. The predicted octanol–water partition coefficient (Wildman–Crippen LogP) is 1.67. The van der Waals surface area contributed by atoms with Crippen LogP contribution in [-0.4, -0.2) is 17.3 Å². The van der Waals surface area contributed by atoms with E-state index in [0.717, 1.165) is 18.2 Å². The van der Waals surface area contributed by atoms with Crippen LogP contribution in [0, 0.1) is 21.4 Å². The summed E-state index contributed by atoms with van der Waals surface area (Å²) in [6, 6.07) is 4.49. The van der Waals surface area contributed by atoms with Crippen LogP contribution >= 0.6 is 0 Å². The molecule has 17 heavy (non-hydrogen) atoms. The van der Waals surface area contributed by atoms with Crippen molar-refractivity contribution in [1.82, 2.24) is 0 Å². The third kappa shape index (κ3) is 2.94. The van der Waals surface area contributed by atoms with E-state index in [4.69, 9.17) is 5.26 Å². The fraction of sp³-hybridized carbons (Fsp3) is 0.111. The normalized spacial score (nSPS) is 9.76. The van der Waals surface area contributed by atoms with Gasteiger partial charge in [0.25, 0.3) is 11.6 Å². The summed E-state index contributed by atoms with van der Waals surface area (Å²) >= 11 is 0. The average molecular weight is 241 g/mol. The lowest BCUT2D eigenvalue weighted by Gasteiger charge is -2.05. The highest BCUT2D eigenvalue weighted by Crippen LogP contribution is 2.21. The Balaban J connectivity index is 3.06. The van der Waals surface area contributed by atoms with Crippen molar-refractivity contribution >= 4 is 17.3 Å². The largest absolute Gasteiger partial charge is 0.320 e. The first-order chi connectivity index (χ1) is 7.95. The van der Waals surface area contributed by atoms with Gasteiger partial charge in [-0.25, -0.2) is 0 Å². The highest BCUT2D eigenvalue weighted by Gasteiger charge is 2.18. The maximum atomic E-state index is 12.0. The summed E-state index contributed by atoms with van der Waals surface area (Å²) < 4.78 is 23.9. The number of rotatable bonds is 3. The lowest BCUT2D eigenvalue weighted by atomic mass is 10.1. The Labute approximate surface area is 93.6 Å². The zero-order valence-electron chi connectivity index (χ0n) is 8.18. The van der Waals surface area contributed by atoms with Crippen LogP contribution in [0.3, 0.4) is 0 Å². The molecule has 8 heteroatoms. The van der Waals surface area contributed by atoms with E-state index in [1.165, 1.54) is 0 Å². The van der Waals surface area contributed by atoms with Crippen LogP contribution in [0.2, 0.25) is 0 Å². The van der Waals surface area contributed by atoms with Crippen LogP contribution in [-0.2, 0) is 4.79 Å². The lowest BCUT2D eigenvalue weighted by molar-refractivity contribution is -0.384. The van der Waals surface area contributed by atoms with E-state index < -0.39 is 17.3 Å². The van der Waals surface area contributed by atoms with Gasteiger partial charge in [-0.2, -0.15) is 14.0 Å². The minimum Gasteiger partial charge on any atom is -0.320 e. The first-order valence-corrected chi connectivity index (χ1v) is 4.23. The van der Waals surface area contributed by atoms with Crippen molar-refractivity contribution < 1.29 is 18.5 Å². The Hall–Kier alpha value is -2.56. The molecular formula is C9H5F2N3O3. The fourth-order valence-electron chi connectivity index (χ4n) is 1.03. The first kappa shape index (κ1) is 12.5. The number of hydrogen-bond acceptors (Lipinski definition) is 4. The van der Waals surface area contributed by atoms with Gasteiger partial charge in [0.1, 0.15) is 6.07 Å².